The number of aryl methyl sites for hydroxylation is 2. The standard InChI is InChI=1S/C20H24N6O2/c1-14-3-6-16(7-4-14)9-17(12-27)11-21-20(28)23-19-10-18(8-5-15(19)2)26-13-22-24-25-26/h3-8,10,13,17,27H,9,11-12H2,1-2H3,(H2,21,23,28)/t17-/m0/s1. The van der Waals surface area contributed by atoms with E-state index >= 15 is 0 Å². The number of hydrogen-bond acceptors (Lipinski definition) is 5. The molecule has 0 aliphatic carbocycles. The number of aliphatic hydroxyl groups excluding tert-OH is 1. The minimum atomic E-state index is -0.320. The molecule has 0 aliphatic heterocycles. The Bertz CT molecular complexity index is 909. The lowest BCUT2D eigenvalue weighted by atomic mass is 9.99. The lowest BCUT2D eigenvalue weighted by Crippen LogP contribution is -2.35. The molecule has 0 saturated carbocycles. The van der Waals surface area contributed by atoms with E-state index in [1.165, 1.54) is 16.6 Å². The SMILES string of the molecule is Cc1ccc(C[C@H](CO)CNC(=O)Nc2cc(-n3cnnn3)ccc2C)cc1. The fourth-order valence-corrected chi connectivity index (χ4v) is 2.83. The quantitative estimate of drug-likeness (QED) is 0.583. The van der Waals surface area contributed by atoms with Crippen LogP contribution in [0.4, 0.5) is 10.5 Å². The van der Waals surface area contributed by atoms with Crippen molar-refractivity contribution < 1.29 is 9.90 Å². The number of aromatic nitrogens is 4. The van der Waals surface area contributed by atoms with Crippen molar-refractivity contribution in [3.05, 3.63) is 65.5 Å². The van der Waals surface area contributed by atoms with Crippen molar-refractivity contribution in [1.82, 2.24) is 25.5 Å². The van der Waals surface area contributed by atoms with Crippen LogP contribution in [-0.4, -0.2) is 44.5 Å². The van der Waals surface area contributed by atoms with Crippen LogP contribution in [0.2, 0.25) is 0 Å². The van der Waals surface area contributed by atoms with Crippen molar-refractivity contribution in [2.24, 2.45) is 5.92 Å². The van der Waals surface area contributed by atoms with Gasteiger partial charge in [-0.05, 0) is 54.0 Å². The Morgan fingerprint density at radius 3 is 2.64 bits per heavy atom. The van der Waals surface area contributed by atoms with Gasteiger partial charge < -0.3 is 15.7 Å². The average Bonchev–Trinajstić information content (AvgIpc) is 3.23. The molecule has 0 spiro atoms. The third-order valence-corrected chi connectivity index (χ3v) is 4.54. The number of hydrogen-bond donors (Lipinski definition) is 3. The summed E-state index contributed by atoms with van der Waals surface area (Å²) in [4.78, 5) is 12.3. The fourth-order valence-electron chi connectivity index (χ4n) is 2.83. The average molecular weight is 380 g/mol. The third kappa shape index (κ3) is 5.14. The van der Waals surface area contributed by atoms with Gasteiger partial charge in [0.1, 0.15) is 6.33 Å². The lowest BCUT2D eigenvalue weighted by molar-refractivity contribution is 0.218. The topological polar surface area (TPSA) is 105 Å². The largest absolute Gasteiger partial charge is 0.396 e. The van der Waals surface area contributed by atoms with Crippen molar-refractivity contribution in [1.29, 1.82) is 0 Å². The van der Waals surface area contributed by atoms with Crippen molar-refractivity contribution in [3.8, 4) is 5.69 Å². The van der Waals surface area contributed by atoms with E-state index in [4.69, 9.17) is 0 Å². The Morgan fingerprint density at radius 1 is 1.18 bits per heavy atom. The van der Waals surface area contributed by atoms with Gasteiger partial charge in [-0.2, -0.15) is 0 Å². The molecule has 3 rings (SSSR count). The van der Waals surface area contributed by atoms with E-state index in [9.17, 15) is 9.90 Å². The number of carbonyl (C=O) groups is 1. The molecule has 1 aromatic heterocycles. The van der Waals surface area contributed by atoms with E-state index in [1.54, 1.807) is 6.07 Å². The Morgan fingerprint density at radius 2 is 1.96 bits per heavy atom. The van der Waals surface area contributed by atoms with Crippen LogP contribution >= 0.6 is 0 Å². The Balaban J connectivity index is 1.57. The molecule has 0 bridgehead atoms. The van der Waals surface area contributed by atoms with E-state index in [0.29, 0.717) is 18.7 Å². The summed E-state index contributed by atoms with van der Waals surface area (Å²) in [5.41, 5.74) is 4.67. The highest BCUT2D eigenvalue weighted by molar-refractivity contribution is 5.90. The number of tetrazole rings is 1. The van der Waals surface area contributed by atoms with Crippen molar-refractivity contribution in [2.75, 3.05) is 18.5 Å². The summed E-state index contributed by atoms with van der Waals surface area (Å²) in [6, 6.07) is 13.4. The summed E-state index contributed by atoms with van der Waals surface area (Å²) in [6.07, 6.45) is 2.19. The molecule has 2 aromatic carbocycles. The number of urea groups is 1. The molecule has 1 heterocycles. The second-order valence-corrected chi connectivity index (χ2v) is 6.83. The Labute approximate surface area is 163 Å². The normalized spacial score (nSPS) is 11.8. The maximum absolute atomic E-state index is 12.3. The molecule has 0 saturated heterocycles. The zero-order chi connectivity index (χ0) is 19.9. The van der Waals surface area contributed by atoms with E-state index in [0.717, 1.165) is 16.8 Å². The first-order valence-electron chi connectivity index (χ1n) is 9.10. The first kappa shape index (κ1) is 19.5. The minimum Gasteiger partial charge on any atom is -0.396 e. The van der Waals surface area contributed by atoms with Crippen molar-refractivity contribution in [3.63, 3.8) is 0 Å². The highest BCUT2D eigenvalue weighted by Gasteiger charge is 2.12. The van der Waals surface area contributed by atoms with Crippen LogP contribution in [-0.2, 0) is 6.42 Å². The van der Waals surface area contributed by atoms with E-state index in [2.05, 4.69) is 26.2 Å². The van der Waals surface area contributed by atoms with Gasteiger partial charge in [0.25, 0.3) is 0 Å². The second-order valence-electron chi connectivity index (χ2n) is 6.83. The summed E-state index contributed by atoms with van der Waals surface area (Å²) in [6.45, 7) is 4.33. The number of amides is 2. The molecule has 28 heavy (non-hydrogen) atoms. The van der Waals surface area contributed by atoms with Crippen molar-refractivity contribution in [2.45, 2.75) is 20.3 Å². The second kappa shape index (κ2) is 9.09. The molecule has 8 nitrogen and oxygen atoms in total. The molecule has 3 N–H and O–H groups in total. The molecule has 2 amide bonds. The molecule has 3 aromatic rings. The smallest absolute Gasteiger partial charge is 0.319 e. The van der Waals surface area contributed by atoms with Gasteiger partial charge >= 0.3 is 6.03 Å². The molecular formula is C20H24N6O2. The number of nitrogens with one attached hydrogen (secondary N) is 2. The van der Waals surface area contributed by atoms with Gasteiger partial charge in [0, 0.05) is 24.8 Å². The molecule has 0 aliphatic rings. The van der Waals surface area contributed by atoms with Crippen LogP contribution in [0.5, 0.6) is 0 Å². The van der Waals surface area contributed by atoms with E-state index in [-0.39, 0.29) is 18.6 Å². The Kier molecular flexibility index (Phi) is 6.33. The fraction of sp³-hybridized carbons (Fsp3) is 0.300. The third-order valence-electron chi connectivity index (χ3n) is 4.54. The summed E-state index contributed by atoms with van der Waals surface area (Å²) in [5, 5.41) is 26.4. The zero-order valence-corrected chi connectivity index (χ0v) is 16.0. The molecule has 0 fully saturated rings. The number of anilines is 1. The van der Waals surface area contributed by atoms with Crippen molar-refractivity contribution >= 4 is 11.7 Å². The van der Waals surface area contributed by atoms with Gasteiger partial charge in [-0.3, -0.25) is 0 Å². The lowest BCUT2D eigenvalue weighted by Gasteiger charge is -2.16. The van der Waals surface area contributed by atoms with Gasteiger partial charge in [0.2, 0.25) is 0 Å². The van der Waals surface area contributed by atoms with Crippen LogP contribution in [0.3, 0.4) is 0 Å². The highest BCUT2D eigenvalue weighted by atomic mass is 16.3. The van der Waals surface area contributed by atoms with Crippen LogP contribution in [0.25, 0.3) is 5.69 Å². The number of nitrogens with zero attached hydrogens (tertiary/aromatic N) is 4. The molecular weight excluding hydrogens is 356 g/mol. The monoisotopic (exact) mass is 380 g/mol. The van der Waals surface area contributed by atoms with Gasteiger partial charge in [0.15, 0.2) is 0 Å². The number of rotatable bonds is 7. The van der Waals surface area contributed by atoms with Gasteiger partial charge in [-0.25, -0.2) is 9.48 Å². The number of carbonyl (C=O) groups excluding carboxylic acids is 1. The Hall–Kier alpha value is -3.26. The predicted octanol–water partition coefficient (Wildman–Crippen LogP) is 2.25. The molecule has 146 valence electrons. The minimum absolute atomic E-state index is 0.00195. The summed E-state index contributed by atoms with van der Waals surface area (Å²) < 4.78 is 1.52. The van der Waals surface area contributed by atoms with Crippen LogP contribution < -0.4 is 10.6 Å². The van der Waals surface area contributed by atoms with Gasteiger partial charge in [-0.1, -0.05) is 35.9 Å². The van der Waals surface area contributed by atoms with Crippen LogP contribution in [0.1, 0.15) is 16.7 Å². The molecule has 8 heteroatoms. The molecule has 1 atom stereocenters. The van der Waals surface area contributed by atoms with Crippen LogP contribution in [0, 0.1) is 19.8 Å². The summed E-state index contributed by atoms with van der Waals surface area (Å²) in [5.74, 6) is -0.0536. The maximum Gasteiger partial charge on any atom is 0.319 e. The zero-order valence-electron chi connectivity index (χ0n) is 16.0. The first-order valence-corrected chi connectivity index (χ1v) is 9.10. The first-order chi connectivity index (χ1) is 13.5. The highest BCUT2D eigenvalue weighted by Crippen LogP contribution is 2.19. The maximum atomic E-state index is 12.3. The van der Waals surface area contributed by atoms with Gasteiger partial charge in [-0.15, -0.1) is 5.10 Å². The number of benzene rings is 2. The van der Waals surface area contributed by atoms with E-state index in [1.807, 2.05) is 50.2 Å². The molecule has 0 unspecified atom stereocenters. The number of aliphatic hydroxyl groups is 1. The van der Waals surface area contributed by atoms with Crippen LogP contribution in [0.15, 0.2) is 48.8 Å². The van der Waals surface area contributed by atoms with E-state index < -0.39 is 0 Å². The summed E-state index contributed by atoms with van der Waals surface area (Å²) in [7, 11) is 0. The summed E-state index contributed by atoms with van der Waals surface area (Å²) >= 11 is 0. The van der Waals surface area contributed by atoms with Gasteiger partial charge in [0.05, 0.1) is 5.69 Å². The molecule has 0 radical (unpaired) electrons. The predicted molar refractivity (Wildman–Crippen MR) is 106 cm³/mol.